The Morgan fingerprint density at radius 3 is 2.64 bits per heavy atom. The Bertz CT molecular complexity index is 285. The van der Waals surface area contributed by atoms with Gasteiger partial charge in [-0.2, -0.15) is 9.90 Å². The topological polar surface area (TPSA) is 27.5 Å². The Labute approximate surface area is 68.7 Å². The number of quaternary nitrogens is 1. The van der Waals surface area contributed by atoms with E-state index < -0.39 is 0 Å². The molecule has 11 heavy (non-hydrogen) atoms. The minimum atomic E-state index is 0. The number of nitrogens with one attached hydrogen (secondary N) is 1. The zero-order chi connectivity index (χ0) is 6.97. The molecule has 0 saturated heterocycles. The number of rotatable bonds is 0. The van der Waals surface area contributed by atoms with E-state index in [1.54, 1.807) is 6.20 Å². The monoisotopic (exact) mass is 167 g/mol. The second-order valence-electron chi connectivity index (χ2n) is 2.28. The summed E-state index contributed by atoms with van der Waals surface area (Å²) in [6, 6.07) is 7.60. The Morgan fingerprint density at radius 2 is 1.91 bits per heavy atom. The molecular weight excluding hydrogens is 157 g/mol. The molecule has 1 aromatic rings. The van der Waals surface area contributed by atoms with Crippen molar-refractivity contribution in [2.24, 2.45) is 0 Å². The molecular formula is C8H10NOP. The van der Waals surface area contributed by atoms with Crippen LogP contribution in [0.1, 0.15) is 5.56 Å². The maximum atomic E-state index is 11.0. The molecule has 2 unspecified atom stereocenters. The average molecular weight is 167 g/mol. The van der Waals surface area contributed by atoms with E-state index in [-0.39, 0.29) is 15.0 Å². The normalized spacial score (nSPS) is 19.2. The Kier molecular flexibility index (Phi) is 2.40. The fourth-order valence-corrected chi connectivity index (χ4v) is 1.12. The van der Waals surface area contributed by atoms with Gasteiger partial charge in [-0.1, -0.05) is 12.1 Å². The van der Waals surface area contributed by atoms with Crippen LogP contribution in [0.25, 0.3) is 6.08 Å². The zero-order valence-electron chi connectivity index (χ0n) is 6.08. The molecule has 0 bridgehead atoms. The number of para-hydroxylation sites is 1. The number of hydrogen-bond donors (Lipinski definition) is 1. The van der Waals surface area contributed by atoms with Crippen LogP contribution in [0.5, 0.6) is 0 Å². The maximum Gasteiger partial charge on any atom is 0.143 e. The molecule has 1 heterocycles. The van der Waals surface area contributed by atoms with Crippen LogP contribution < -0.4 is 5.06 Å². The predicted octanol–water partition coefficient (Wildman–Crippen LogP) is 0.743. The van der Waals surface area contributed by atoms with Crippen LogP contribution in [0.3, 0.4) is 0 Å². The van der Waals surface area contributed by atoms with Crippen LogP contribution in [-0.2, 0) is 0 Å². The fourth-order valence-electron chi connectivity index (χ4n) is 1.12. The summed E-state index contributed by atoms with van der Waals surface area (Å²) < 4.78 is 0. The summed E-state index contributed by atoms with van der Waals surface area (Å²) in [4.78, 5) is 0. The number of hydrogen-bond acceptors (Lipinski definition) is 1. The van der Waals surface area contributed by atoms with Gasteiger partial charge in [0.05, 0.1) is 0 Å². The van der Waals surface area contributed by atoms with E-state index in [0.29, 0.717) is 0 Å². The van der Waals surface area contributed by atoms with Crippen molar-refractivity contribution in [1.29, 1.82) is 0 Å². The van der Waals surface area contributed by atoms with E-state index in [2.05, 4.69) is 0 Å². The van der Waals surface area contributed by atoms with Gasteiger partial charge in [-0.25, -0.2) is 0 Å². The number of hydroxylamine groups is 1. The first-order valence-electron chi connectivity index (χ1n) is 3.19. The molecule has 0 radical (unpaired) electrons. The smallest absolute Gasteiger partial charge is 0.143 e. The first-order chi connectivity index (χ1) is 4.88. The van der Waals surface area contributed by atoms with Gasteiger partial charge in [0.25, 0.3) is 0 Å². The third-order valence-corrected chi connectivity index (χ3v) is 1.64. The number of benzene rings is 1. The first kappa shape index (κ1) is 8.41. The SMILES string of the molecule is P.[O-][NH+]1C=Cc2ccccc21. The van der Waals surface area contributed by atoms with E-state index in [0.717, 1.165) is 11.3 Å². The van der Waals surface area contributed by atoms with Gasteiger partial charge in [0, 0.05) is 17.7 Å². The summed E-state index contributed by atoms with van der Waals surface area (Å²) in [5, 5.41) is 11.1. The quantitative estimate of drug-likeness (QED) is 0.448. The fraction of sp³-hybridized carbons (Fsp3) is 0. The molecule has 58 valence electrons. The van der Waals surface area contributed by atoms with E-state index >= 15 is 0 Å². The molecule has 3 heteroatoms. The molecule has 2 rings (SSSR count). The third-order valence-electron chi connectivity index (χ3n) is 1.64. The lowest BCUT2D eigenvalue weighted by Crippen LogP contribution is -2.95. The average Bonchev–Trinajstić information content (AvgIpc) is 2.34. The summed E-state index contributed by atoms with van der Waals surface area (Å²) in [5.41, 5.74) is 1.86. The summed E-state index contributed by atoms with van der Waals surface area (Å²) in [5.74, 6) is 0. The highest BCUT2D eigenvalue weighted by atomic mass is 31.0. The Morgan fingerprint density at radius 1 is 1.18 bits per heavy atom. The van der Waals surface area contributed by atoms with Crippen molar-refractivity contribution in [3.8, 4) is 0 Å². The predicted molar refractivity (Wildman–Crippen MR) is 50.6 cm³/mol. The molecule has 2 atom stereocenters. The summed E-state index contributed by atoms with van der Waals surface area (Å²) >= 11 is 0. The lowest BCUT2D eigenvalue weighted by Gasteiger charge is -2.12. The zero-order valence-corrected chi connectivity index (χ0v) is 7.49. The van der Waals surface area contributed by atoms with Gasteiger partial charge in [-0.05, 0) is 6.07 Å². The molecule has 1 aliphatic rings. The van der Waals surface area contributed by atoms with Crippen molar-refractivity contribution in [1.82, 2.24) is 0 Å². The highest BCUT2D eigenvalue weighted by Crippen LogP contribution is 2.15. The molecule has 1 N–H and O–H groups in total. The molecule has 0 saturated carbocycles. The standard InChI is InChI=1S/C8H7NO.H3P/c10-9-6-5-7-3-1-2-4-8(7)9;/h1-6,9H;1H3. The lowest BCUT2D eigenvalue weighted by atomic mass is 10.2. The summed E-state index contributed by atoms with van der Waals surface area (Å²) in [6.07, 6.45) is 3.45. The minimum Gasteiger partial charge on any atom is -0.624 e. The van der Waals surface area contributed by atoms with E-state index in [4.69, 9.17) is 0 Å². The third kappa shape index (κ3) is 1.33. The molecule has 0 fully saturated rings. The maximum absolute atomic E-state index is 11.0. The van der Waals surface area contributed by atoms with Crippen LogP contribution in [-0.4, -0.2) is 0 Å². The molecule has 1 aliphatic heterocycles. The molecule has 2 nitrogen and oxygen atoms in total. The lowest BCUT2D eigenvalue weighted by molar-refractivity contribution is -0.710. The highest BCUT2D eigenvalue weighted by Gasteiger charge is 2.09. The van der Waals surface area contributed by atoms with Crippen LogP contribution in [0.2, 0.25) is 0 Å². The minimum absolute atomic E-state index is 0. The molecule has 0 aromatic heterocycles. The summed E-state index contributed by atoms with van der Waals surface area (Å²) in [6.45, 7) is 0. The van der Waals surface area contributed by atoms with Crippen molar-refractivity contribution >= 4 is 21.7 Å². The van der Waals surface area contributed by atoms with Crippen molar-refractivity contribution in [2.75, 3.05) is 0 Å². The first-order valence-corrected chi connectivity index (χ1v) is 3.19. The highest BCUT2D eigenvalue weighted by molar-refractivity contribution is 6.92. The van der Waals surface area contributed by atoms with Gasteiger partial charge in [-0.15, -0.1) is 0 Å². The van der Waals surface area contributed by atoms with Gasteiger partial charge >= 0.3 is 0 Å². The Balaban J connectivity index is 0.000000605. The second kappa shape index (κ2) is 3.14. The van der Waals surface area contributed by atoms with Gasteiger partial charge in [0.2, 0.25) is 0 Å². The largest absolute Gasteiger partial charge is 0.624 e. The molecule has 1 aromatic carbocycles. The van der Waals surface area contributed by atoms with E-state index in [1.807, 2.05) is 30.3 Å². The summed E-state index contributed by atoms with van der Waals surface area (Å²) in [7, 11) is 0. The van der Waals surface area contributed by atoms with Gasteiger partial charge < -0.3 is 10.3 Å². The molecule has 0 spiro atoms. The van der Waals surface area contributed by atoms with E-state index in [1.165, 1.54) is 0 Å². The van der Waals surface area contributed by atoms with Gasteiger partial charge in [-0.3, -0.25) is 0 Å². The van der Waals surface area contributed by atoms with Gasteiger partial charge in [0.1, 0.15) is 11.9 Å². The number of fused-ring (bicyclic) bond motifs is 1. The van der Waals surface area contributed by atoms with Crippen LogP contribution in [0, 0.1) is 5.21 Å². The van der Waals surface area contributed by atoms with Crippen LogP contribution in [0.4, 0.5) is 5.69 Å². The van der Waals surface area contributed by atoms with Crippen molar-refractivity contribution in [3.63, 3.8) is 0 Å². The Hall–Kier alpha value is -0.690. The van der Waals surface area contributed by atoms with Crippen molar-refractivity contribution < 1.29 is 5.06 Å². The second-order valence-corrected chi connectivity index (χ2v) is 2.28. The van der Waals surface area contributed by atoms with Gasteiger partial charge in [0.15, 0.2) is 0 Å². The van der Waals surface area contributed by atoms with Crippen molar-refractivity contribution in [2.45, 2.75) is 0 Å². The van der Waals surface area contributed by atoms with Crippen LogP contribution in [0.15, 0.2) is 30.5 Å². The molecule has 0 amide bonds. The van der Waals surface area contributed by atoms with Crippen LogP contribution >= 0.6 is 9.90 Å². The van der Waals surface area contributed by atoms with E-state index in [9.17, 15) is 5.21 Å². The molecule has 0 aliphatic carbocycles. The van der Waals surface area contributed by atoms with Crippen molar-refractivity contribution in [3.05, 3.63) is 41.2 Å².